The fourth-order valence-corrected chi connectivity index (χ4v) is 3.72. The van der Waals surface area contributed by atoms with Crippen LogP contribution in [-0.4, -0.2) is 45.2 Å². The summed E-state index contributed by atoms with van der Waals surface area (Å²) < 4.78 is 5.13. The molecule has 4 rings (SSSR count). The molecular weight excluding hydrogens is 328 g/mol. The number of amides is 1. The zero-order valence-electron chi connectivity index (χ0n) is 13.5. The Morgan fingerprint density at radius 3 is 2.92 bits per heavy atom. The summed E-state index contributed by atoms with van der Waals surface area (Å²) in [7, 11) is 1.55. The van der Waals surface area contributed by atoms with Gasteiger partial charge in [-0.1, -0.05) is 11.6 Å². The van der Waals surface area contributed by atoms with Crippen LogP contribution < -0.4 is 4.74 Å². The molecule has 2 fully saturated rings. The van der Waals surface area contributed by atoms with E-state index < -0.39 is 0 Å². The van der Waals surface area contributed by atoms with Crippen LogP contribution in [-0.2, 0) is 0 Å². The lowest BCUT2D eigenvalue weighted by Gasteiger charge is -2.35. The lowest BCUT2D eigenvalue weighted by molar-refractivity contribution is 0.0567. The first-order chi connectivity index (χ1) is 11.6. The van der Waals surface area contributed by atoms with Gasteiger partial charge in [0.15, 0.2) is 0 Å². The zero-order chi connectivity index (χ0) is 16.7. The molecule has 1 aliphatic carbocycles. The normalized spacial score (nSPS) is 18.7. The van der Waals surface area contributed by atoms with Crippen LogP contribution in [0, 0.1) is 0 Å². The van der Waals surface area contributed by atoms with Crippen molar-refractivity contribution in [3.63, 3.8) is 0 Å². The maximum atomic E-state index is 12.9. The molecule has 7 heteroatoms. The molecule has 6 nitrogen and oxygen atoms in total. The molecule has 24 heavy (non-hydrogen) atoms. The molecule has 3 heterocycles. The Morgan fingerprint density at radius 1 is 1.33 bits per heavy atom. The van der Waals surface area contributed by atoms with Crippen molar-refractivity contribution >= 4 is 17.5 Å². The smallest absolute Gasteiger partial charge is 0.272 e. The van der Waals surface area contributed by atoms with Gasteiger partial charge >= 0.3 is 0 Å². The Balaban J connectivity index is 1.62. The van der Waals surface area contributed by atoms with E-state index in [0.29, 0.717) is 27.9 Å². The van der Waals surface area contributed by atoms with E-state index in [-0.39, 0.29) is 11.4 Å². The number of nitrogens with zero attached hydrogens (tertiary/aromatic N) is 3. The Bertz CT molecular complexity index is 785. The van der Waals surface area contributed by atoms with E-state index in [1.807, 2.05) is 4.90 Å². The molecular formula is C17H19ClN4O2. The molecule has 1 saturated carbocycles. The van der Waals surface area contributed by atoms with Crippen LogP contribution in [0.5, 0.6) is 5.88 Å². The lowest BCUT2D eigenvalue weighted by atomic mass is 9.99. The van der Waals surface area contributed by atoms with Gasteiger partial charge in [0.05, 0.1) is 24.0 Å². The van der Waals surface area contributed by atoms with E-state index in [2.05, 4.69) is 15.2 Å². The Labute approximate surface area is 145 Å². The molecule has 1 aliphatic heterocycles. The minimum atomic E-state index is 0.0306. The van der Waals surface area contributed by atoms with Gasteiger partial charge in [0.25, 0.3) is 5.91 Å². The highest BCUT2D eigenvalue weighted by molar-refractivity contribution is 6.33. The topological polar surface area (TPSA) is 71.1 Å². The molecule has 2 aromatic heterocycles. The van der Waals surface area contributed by atoms with Crippen LogP contribution in [0.15, 0.2) is 18.3 Å². The number of carbonyl (C=O) groups excluding carboxylic acids is 1. The second kappa shape index (κ2) is 5.77. The number of hydrogen-bond donors (Lipinski definition) is 1. The van der Waals surface area contributed by atoms with E-state index in [0.717, 1.165) is 32.2 Å². The van der Waals surface area contributed by atoms with E-state index in [9.17, 15) is 4.79 Å². The Morgan fingerprint density at radius 2 is 2.17 bits per heavy atom. The van der Waals surface area contributed by atoms with Gasteiger partial charge < -0.3 is 9.64 Å². The third kappa shape index (κ3) is 2.55. The number of pyridine rings is 1. The molecule has 0 bridgehead atoms. The van der Waals surface area contributed by atoms with Gasteiger partial charge in [-0.25, -0.2) is 4.98 Å². The monoisotopic (exact) mass is 346 g/mol. The van der Waals surface area contributed by atoms with E-state index in [1.54, 1.807) is 19.2 Å². The summed E-state index contributed by atoms with van der Waals surface area (Å²) in [6.45, 7) is 0.830. The van der Waals surface area contributed by atoms with Crippen LogP contribution in [0.3, 0.4) is 0 Å². The van der Waals surface area contributed by atoms with Gasteiger partial charge in [-0.15, -0.1) is 0 Å². The van der Waals surface area contributed by atoms with Crippen molar-refractivity contribution in [3.8, 4) is 17.1 Å². The highest BCUT2D eigenvalue weighted by Gasteiger charge is 2.51. The first-order valence-electron chi connectivity index (χ1n) is 8.20. The van der Waals surface area contributed by atoms with Crippen molar-refractivity contribution in [1.29, 1.82) is 0 Å². The van der Waals surface area contributed by atoms with Gasteiger partial charge in [0.1, 0.15) is 5.69 Å². The Hall–Kier alpha value is -2.08. The van der Waals surface area contributed by atoms with Crippen LogP contribution in [0.25, 0.3) is 11.3 Å². The second-order valence-corrected chi connectivity index (χ2v) is 6.92. The number of aromatic amines is 1. The van der Waals surface area contributed by atoms with E-state index >= 15 is 0 Å². The van der Waals surface area contributed by atoms with Crippen molar-refractivity contribution < 1.29 is 9.53 Å². The van der Waals surface area contributed by atoms with E-state index in [4.69, 9.17) is 16.3 Å². The first-order valence-corrected chi connectivity index (χ1v) is 8.58. The van der Waals surface area contributed by atoms with Gasteiger partial charge in [-0.3, -0.25) is 9.89 Å². The van der Waals surface area contributed by atoms with Crippen molar-refractivity contribution in [1.82, 2.24) is 20.1 Å². The Kier molecular flexibility index (Phi) is 3.72. The van der Waals surface area contributed by atoms with Gasteiger partial charge in [-0.2, -0.15) is 5.10 Å². The summed E-state index contributed by atoms with van der Waals surface area (Å²) in [6.07, 6.45) is 7.16. The van der Waals surface area contributed by atoms with Crippen LogP contribution >= 0.6 is 11.6 Å². The summed E-state index contributed by atoms with van der Waals surface area (Å²) >= 11 is 6.21. The fourth-order valence-electron chi connectivity index (χ4n) is 3.52. The highest BCUT2D eigenvalue weighted by atomic mass is 35.5. The number of ether oxygens (including phenoxy) is 1. The number of aromatic nitrogens is 3. The molecule has 1 saturated heterocycles. The number of methoxy groups -OCH3 is 1. The minimum Gasteiger partial charge on any atom is -0.481 e. The molecule has 1 N–H and O–H groups in total. The summed E-state index contributed by atoms with van der Waals surface area (Å²) in [5.41, 5.74) is 1.92. The molecule has 2 aromatic rings. The molecule has 1 amide bonds. The maximum Gasteiger partial charge on any atom is 0.272 e. The summed E-state index contributed by atoms with van der Waals surface area (Å²) in [5.74, 6) is 0.487. The van der Waals surface area contributed by atoms with Crippen molar-refractivity contribution in [2.45, 2.75) is 37.6 Å². The van der Waals surface area contributed by atoms with Gasteiger partial charge in [0, 0.05) is 23.7 Å². The van der Waals surface area contributed by atoms with Crippen molar-refractivity contribution in [2.24, 2.45) is 0 Å². The number of rotatable bonds is 3. The molecule has 0 atom stereocenters. The SMILES string of the molecule is COc1cc(-c2cc(C(=O)N3CCCCC34CC4)[nH]n2)c(Cl)cn1. The number of likely N-dealkylation sites (tertiary alicyclic amines) is 1. The standard InChI is InChI=1S/C17H19ClN4O2/c1-24-15-8-11(12(18)10-19-15)13-9-14(21-20-13)16(23)22-7-3-2-4-17(22)5-6-17/h8-10H,2-7H2,1H3,(H,20,21). The third-order valence-electron chi connectivity index (χ3n) is 5.04. The average molecular weight is 347 g/mol. The van der Waals surface area contributed by atoms with E-state index in [1.165, 1.54) is 12.6 Å². The zero-order valence-corrected chi connectivity index (χ0v) is 14.3. The average Bonchev–Trinajstić information content (AvgIpc) is 3.19. The predicted molar refractivity (Wildman–Crippen MR) is 90.2 cm³/mol. The second-order valence-electron chi connectivity index (χ2n) is 6.51. The number of H-pyrrole nitrogens is 1. The quantitative estimate of drug-likeness (QED) is 0.925. The minimum absolute atomic E-state index is 0.0306. The van der Waals surface area contributed by atoms with Crippen molar-refractivity contribution in [2.75, 3.05) is 13.7 Å². The maximum absolute atomic E-state index is 12.9. The number of hydrogen-bond acceptors (Lipinski definition) is 4. The van der Waals surface area contributed by atoms with Crippen LogP contribution in [0.1, 0.15) is 42.6 Å². The van der Waals surface area contributed by atoms with Crippen molar-refractivity contribution in [3.05, 3.63) is 29.0 Å². The van der Waals surface area contributed by atoms with Crippen LogP contribution in [0.4, 0.5) is 0 Å². The van der Waals surface area contributed by atoms with Gasteiger partial charge in [0.2, 0.25) is 5.88 Å². The summed E-state index contributed by atoms with van der Waals surface area (Å²) in [4.78, 5) is 19.0. The summed E-state index contributed by atoms with van der Waals surface area (Å²) in [6, 6.07) is 3.48. The number of carbonyl (C=O) groups is 1. The number of halogens is 1. The lowest BCUT2D eigenvalue weighted by Crippen LogP contribution is -2.45. The number of nitrogens with one attached hydrogen (secondary N) is 1. The predicted octanol–water partition coefficient (Wildman–Crippen LogP) is 3.29. The summed E-state index contributed by atoms with van der Waals surface area (Å²) in [5, 5.41) is 7.61. The number of piperidine rings is 1. The van der Waals surface area contributed by atoms with Crippen LogP contribution in [0.2, 0.25) is 5.02 Å². The first kappa shape index (κ1) is 15.4. The van der Waals surface area contributed by atoms with Gasteiger partial charge in [-0.05, 0) is 38.2 Å². The molecule has 126 valence electrons. The largest absolute Gasteiger partial charge is 0.481 e. The molecule has 1 spiro atoms. The molecule has 2 aliphatic rings. The molecule has 0 aromatic carbocycles. The molecule has 0 radical (unpaired) electrons. The fraction of sp³-hybridized carbons (Fsp3) is 0.471. The third-order valence-corrected chi connectivity index (χ3v) is 5.34. The molecule has 0 unspecified atom stereocenters. The highest BCUT2D eigenvalue weighted by Crippen LogP contribution is 2.48.